The molecule has 2 atom stereocenters. The molecule has 1 heterocycles. The van der Waals surface area contributed by atoms with E-state index >= 15 is 0 Å². The largest absolute Gasteiger partial charge is 0.446 e. The number of likely N-dealkylation sites (N-methyl/N-ethyl adjacent to an activating group) is 1. The van der Waals surface area contributed by atoms with Gasteiger partial charge in [-0.15, -0.1) is 0 Å². The third-order valence-electron chi connectivity index (χ3n) is 5.71. The number of nitrogens with zero attached hydrogens (tertiary/aromatic N) is 3. The van der Waals surface area contributed by atoms with Gasteiger partial charge in [-0.1, -0.05) is 19.4 Å². The highest BCUT2D eigenvalue weighted by atomic mass is 16.6. The first-order chi connectivity index (χ1) is 15.0. The minimum atomic E-state index is -0.404. The van der Waals surface area contributed by atoms with Gasteiger partial charge in [-0.25, -0.2) is 4.79 Å². The summed E-state index contributed by atoms with van der Waals surface area (Å²) >= 11 is 0. The number of carbonyl (C=O) groups excluding carboxylic acids is 3. The van der Waals surface area contributed by atoms with Crippen LogP contribution in [0.5, 0.6) is 0 Å². The Kier molecular flexibility index (Phi) is 9.07. The highest BCUT2D eigenvalue weighted by molar-refractivity contribution is 6.02. The molecule has 0 aliphatic carbocycles. The van der Waals surface area contributed by atoms with E-state index in [0.29, 0.717) is 25.2 Å². The highest BCUT2D eigenvalue weighted by Gasteiger charge is 2.35. The summed E-state index contributed by atoms with van der Waals surface area (Å²) in [7, 11) is 1.98. The highest BCUT2D eigenvalue weighted by Crippen LogP contribution is 2.39. The fraction of sp³-hybridized carbons (Fsp3) is 0.625. The second-order valence-corrected chi connectivity index (χ2v) is 8.99. The summed E-state index contributed by atoms with van der Waals surface area (Å²) in [5, 5.41) is 0. The molecular formula is C24H38N4O4. The van der Waals surface area contributed by atoms with Gasteiger partial charge >= 0.3 is 6.09 Å². The maximum atomic E-state index is 12.9. The molecule has 0 spiro atoms. The number of nitrogens with two attached hydrogens (primary N) is 1. The molecule has 2 unspecified atom stereocenters. The average molecular weight is 447 g/mol. The first-order valence-electron chi connectivity index (χ1n) is 11.4. The molecule has 1 aromatic carbocycles. The van der Waals surface area contributed by atoms with Gasteiger partial charge in [-0.2, -0.15) is 0 Å². The van der Waals surface area contributed by atoms with E-state index in [1.54, 1.807) is 16.7 Å². The quantitative estimate of drug-likeness (QED) is 0.626. The number of amides is 3. The monoisotopic (exact) mass is 446 g/mol. The van der Waals surface area contributed by atoms with Crippen molar-refractivity contribution in [2.75, 3.05) is 36.5 Å². The summed E-state index contributed by atoms with van der Waals surface area (Å²) < 4.78 is 5.49. The van der Waals surface area contributed by atoms with E-state index in [0.717, 1.165) is 30.6 Å². The zero-order valence-electron chi connectivity index (χ0n) is 20.3. The van der Waals surface area contributed by atoms with Crippen molar-refractivity contribution in [3.05, 3.63) is 23.8 Å². The van der Waals surface area contributed by atoms with Crippen LogP contribution in [0.25, 0.3) is 0 Å². The molecule has 2 rings (SSSR count). The lowest BCUT2D eigenvalue weighted by molar-refractivity contribution is -0.118. The number of hydrogen-bond acceptors (Lipinski definition) is 5. The van der Waals surface area contributed by atoms with Gasteiger partial charge in [0, 0.05) is 33.0 Å². The smallest absolute Gasteiger partial charge is 0.414 e. The molecular weight excluding hydrogens is 408 g/mol. The van der Waals surface area contributed by atoms with Crippen molar-refractivity contribution in [1.29, 1.82) is 0 Å². The Bertz CT molecular complexity index is 826. The minimum absolute atomic E-state index is 0.0559. The lowest BCUT2D eigenvalue weighted by atomic mass is 9.92. The lowest BCUT2D eigenvalue weighted by Gasteiger charge is -2.41. The van der Waals surface area contributed by atoms with Crippen LogP contribution in [0.4, 0.5) is 16.2 Å². The second-order valence-electron chi connectivity index (χ2n) is 8.99. The van der Waals surface area contributed by atoms with Crippen LogP contribution in [0, 0.1) is 0 Å². The molecule has 1 aromatic rings. The topological polar surface area (TPSA) is 96.2 Å². The van der Waals surface area contributed by atoms with E-state index in [-0.39, 0.29) is 29.9 Å². The summed E-state index contributed by atoms with van der Waals surface area (Å²) in [5.41, 5.74) is 7.81. The number of fused-ring (bicyclic) bond motifs is 1. The Hall–Kier alpha value is -2.61. The number of anilines is 2. The van der Waals surface area contributed by atoms with Crippen molar-refractivity contribution < 1.29 is 19.1 Å². The first-order valence-corrected chi connectivity index (χ1v) is 11.4. The molecule has 32 heavy (non-hydrogen) atoms. The van der Waals surface area contributed by atoms with Crippen molar-refractivity contribution in [3.8, 4) is 0 Å². The summed E-state index contributed by atoms with van der Waals surface area (Å²) in [6.45, 7) is 11.0. The van der Waals surface area contributed by atoms with Crippen molar-refractivity contribution >= 4 is 29.3 Å². The number of benzene rings is 1. The van der Waals surface area contributed by atoms with Crippen molar-refractivity contribution in [1.82, 2.24) is 4.90 Å². The van der Waals surface area contributed by atoms with Gasteiger partial charge in [0.05, 0.1) is 23.5 Å². The molecule has 178 valence electrons. The molecule has 0 saturated heterocycles. The first kappa shape index (κ1) is 25.6. The fourth-order valence-electron chi connectivity index (χ4n) is 4.29. The molecule has 2 N–H and O–H groups in total. The van der Waals surface area contributed by atoms with Crippen LogP contribution in [0.3, 0.4) is 0 Å². The van der Waals surface area contributed by atoms with Crippen LogP contribution >= 0.6 is 0 Å². The van der Waals surface area contributed by atoms with Crippen LogP contribution in [0.2, 0.25) is 0 Å². The third-order valence-corrected chi connectivity index (χ3v) is 5.71. The lowest BCUT2D eigenvalue weighted by Crippen LogP contribution is -2.51. The van der Waals surface area contributed by atoms with Gasteiger partial charge < -0.3 is 20.3 Å². The standard InChI is InChI=1S/C24H38N4O4/c1-7-8-20(15-26(6)12-11-23(25)30)19-9-10-21-22(13-19)27(24(31)32-16(2)3)14-17(4)28(21)18(5)29/h9-10,13,16-17,20H,7-8,11-12,14-15H2,1-6H3,(H2,25,30). The summed E-state index contributed by atoms with van der Waals surface area (Å²) in [6.07, 6.45) is 1.64. The van der Waals surface area contributed by atoms with E-state index in [4.69, 9.17) is 10.5 Å². The molecule has 0 bridgehead atoms. The molecule has 8 nitrogen and oxygen atoms in total. The zero-order chi connectivity index (χ0) is 24.0. The van der Waals surface area contributed by atoms with E-state index < -0.39 is 6.09 Å². The fourth-order valence-corrected chi connectivity index (χ4v) is 4.29. The van der Waals surface area contributed by atoms with Crippen molar-refractivity contribution in [2.24, 2.45) is 5.73 Å². The molecule has 1 aliphatic heterocycles. The number of hydrogen-bond donors (Lipinski definition) is 1. The van der Waals surface area contributed by atoms with Crippen LogP contribution < -0.4 is 15.5 Å². The van der Waals surface area contributed by atoms with Crippen LogP contribution in [0.15, 0.2) is 18.2 Å². The van der Waals surface area contributed by atoms with E-state index in [9.17, 15) is 14.4 Å². The zero-order valence-corrected chi connectivity index (χ0v) is 20.3. The predicted octanol–water partition coefficient (Wildman–Crippen LogP) is 3.48. The predicted molar refractivity (Wildman–Crippen MR) is 127 cm³/mol. The molecule has 0 radical (unpaired) electrons. The van der Waals surface area contributed by atoms with Gasteiger partial charge in [-0.3, -0.25) is 14.5 Å². The molecule has 3 amide bonds. The molecule has 0 saturated carbocycles. The van der Waals surface area contributed by atoms with E-state index in [1.165, 1.54) is 0 Å². The van der Waals surface area contributed by atoms with Crippen molar-refractivity contribution in [2.45, 2.75) is 71.9 Å². The van der Waals surface area contributed by atoms with Crippen LogP contribution in [-0.2, 0) is 14.3 Å². The Balaban J connectivity index is 2.42. The van der Waals surface area contributed by atoms with E-state index in [1.807, 2.05) is 46.0 Å². The van der Waals surface area contributed by atoms with Crippen molar-refractivity contribution in [3.63, 3.8) is 0 Å². The van der Waals surface area contributed by atoms with Gasteiger partial charge in [0.25, 0.3) is 0 Å². The number of carbonyl (C=O) groups is 3. The normalized spacial score (nSPS) is 16.8. The van der Waals surface area contributed by atoms with Crippen LogP contribution in [-0.4, -0.2) is 61.6 Å². The Morgan fingerprint density at radius 1 is 1.25 bits per heavy atom. The second kappa shape index (κ2) is 11.3. The number of primary amides is 1. The molecule has 0 aromatic heterocycles. The number of rotatable bonds is 9. The SMILES string of the molecule is CCCC(CN(C)CCC(N)=O)c1ccc2c(c1)N(C(=O)OC(C)C)CC(C)N2C(C)=O. The minimum Gasteiger partial charge on any atom is -0.446 e. The Morgan fingerprint density at radius 2 is 1.94 bits per heavy atom. The van der Waals surface area contributed by atoms with Gasteiger partial charge in [-0.05, 0) is 57.9 Å². The summed E-state index contributed by atoms with van der Waals surface area (Å²) in [6, 6.07) is 5.84. The Morgan fingerprint density at radius 3 is 2.50 bits per heavy atom. The Labute approximate surface area is 191 Å². The van der Waals surface area contributed by atoms with E-state index in [2.05, 4.69) is 11.8 Å². The molecule has 1 aliphatic rings. The average Bonchev–Trinajstić information content (AvgIpc) is 2.70. The third kappa shape index (κ3) is 6.45. The number of ether oxygens (including phenoxy) is 1. The van der Waals surface area contributed by atoms with Gasteiger partial charge in [0.2, 0.25) is 11.8 Å². The van der Waals surface area contributed by atoms with Gasteiger partial charge in [0.15, 0.2) is 0 Å². The van der Waals surface area contributed by atoms with Gasteiger partial charge in [0.1, 0.15) is 0 Å². The summed E-state index contributed by atoms with van der Waals surface area (Å²) in [5.74, 6) is -0.147. The maximum Gasteiger partial charge on any atom is 0.414 e. The summed E-state index contributed by atoms with van der Waals surface area (Å²) in [4.78, 5) is 41.9. The maximum absolute atomic E-state index is 12.9. The molecule has 0 fully saturated rings. The van der Waals surface area contributed by atoms with Crippen LogP contribution in [0.1, 0.15) is 65.4 Å². The molecule has 8 heteroatoms.